The third kappa shape index (κ3) is 4.00. The highest BCUT2D eigenvalue weighted by atomic mass is 16.5. The lowest BCUT2D eigenvalue weighted by Crippen LogP contribution is -2.39. The second-order valence-electron chi connectivity index (χ2n) is 7.84. The van der Waals surface area contributed by atoms with E-state index in [-0.39, 0.29) is 23.7 Å². The number of fused-ring (bicyclic) bond motifs is 1. The van der Waals surface area contributed by atoms with Gasteiger partial charge in [-0.1, -0.05) is 6.92 Å². The predicted octanol–water partition coefficient (Wildman–Crippen LogP) is 2.08. The Kier molecular flexibility index (Phi) is 5.43. The molecule has 9 heteroatoms. The molecular weight excluding hydrogens is 386 g/mol. The quantitative estimate of drug-likeness (QED) is 0.709. The molecule has 2 aromatic rings. The molecular formula is C21H25N5O4. The second-order valence-corrected chi connectivity index (χ2v) is 7.84. The Morgan fingerprint density at radius 1 is 1.20 bits per heavy atom. The van der Waals surface area contributed by atoms with E-state index in [0.717, 1.165) is 25.9 Å². The minimum atomic E-state index is -0.914. The Morgan fingerprint density at radius 2 is 1.90 bits per heavy atom. The van der Waals surface area contributed by atoms with Gasteiger partial charge in [0.25, 0.3) is 5.56 Å². The van der Waals surface area contributed by atoms with E-state index in [1.807, 2.05) is 4.90 Å². The molecule has 0 spiro atoms. The lowest BCUT2D eigenvalue weighted by Gasteiger charge is -2.31. The van der Waals surface area contributed by atoms with Crippen LogP contribution >= 0.6 is 0 Å². The van der Waals surface area contributed by atoms with Crippen molar-refractivity contribution in [1.82, 2.24) is 9.97 Å². The molecule has 30 heavy (non-hydrogen) atoms. The van der Waals surface area contributed by atoms with Crippen LogP contribution in [-0.2, 0) is 9.59 Å². The van der Waals surface area contributed by atoms with Crippen molar-refractivity contribution in [2.75, 3.05) is 35.7 Å². The molecule has 1 aromatic carbocycles. The summed E-state index contributed by atoms with van der Waals surface area (Å²) in [7, 11) is 1.56. The van der Waals surface area contributed by atoms with Crippen molar-refractivity contribution in [2.45, 2.75) is 32.1 Å². The van der Waals surface area contributed by atoms with E-state index >= 15 is 0 Å². The Balaban J connectivity index is 1.60. The number of nitrogens with zero attached hydrogens (tertiary/aromatic N) is 2. The number of H-pyrrole nitrogens is 1. The summed E-state index contributed by atoms with van der Waals surface area (Å²) in [5, 5.41) is 5.43. The van der Waals surface area contributed by atoms with Crippen molar-refractivity contribution in [1.29, 1.82) is 0 Å². The number of methoxy groups -OCH3 is 1. The van der Waals surface area contributed by atoms with Crippen LogP contribution in [0.25, 0.3) is 0 Å². The van der Waals surface area contributed by atoms with Gasteiger partial charge in [0.1, 0.15) is 11.6 Å². The molecule has 1 atom stereocenters. The van der Waals surface area contributed by atoms with Crippen LogP contribution in [0.15, 0.2) is 29.1 Å². The summed E-state index contributed by atoms with van der Waals surface area (Å²) < 4.78 is 5.11. The third-order valence-electron chi connectivity index (χ3n) is 5.70. The molecule has 1 unspecified atom stereocenters. The van der Waals surface area contributed by atoms with Crippen LogP contribution in [0.1, 0.15) is 37.7 Å². The van der Waals surface area contributed by atoms with Gasteiger partial charge in [0.15, 0.2) is 0 Å². The van der Waals surface area contributed by atoms with Gasteiger partial charge in [0.2, 0.25) is 17.8 Å². The van der Waals surface area contributed by atoms with E-state index in [4.69, 9.17) is 4.74 Å². The molecule has 9 nitrogen and oxygen atoms in total. The molecule has 3 N–H and O–H groups in total. The minimum absolute atomic E-state index is 0.111. The molecule has 0 radical (unpaired) electrons. The Labute approximate surface area is 173 Å². The SMILES string of the molecule is COc1ccc(NC(=O)C2CC(=O)Nc3nc(N4CCC(C)CC4)[nH]c(=O)c32)cc1. The van der Waals surface area contributed by atoms with Crippen molar-refractivity contribution < 1.29 is 14.3 Å². The maximum absolute atomic E-state index is 12.9. The van der Waals surface area contributed by atoms with Gasteiger partial charge in [-0.25, -0.2) is 0 Å². The summed E-state index contributed by atoms with van der Waals surface area (Å²) in [4.78, 5) is 47.3. The monoisotopic (exact) mass is 411 g/mol. The zero-order chi connectivity index (χ0) is 21.3. The Morgan fingerprint density at radius 3 is 2.57 bits per heavy atom. The van der Waals surface area contributed by atoms with Gasteiger partial charge in [-0.05, 0) is 43.0 Å². The fourth-order valence-electron chi connectivity index (χ4n) is 3.86. The van der Waals surface area contributed by atoms with Gasteiger partial charge < -0.3 is 20.3 Å². The molecule has 0 saturated carbocycles. The lowest BCUT2D eigenvalue weighted by atomic mass is 9.92. The number of benzene rings is 1. The van der Waals surface area contributed by atoms with Crippen molar-refractivity contribution in [2.24, 2.45) is 5.92 Å². The number of aromatic amines is 1. The van der Waals surface area contributed by atoms with Gasteiger partial charge in [-0.2, -0.15) is 4.98 Å². The summed E-state index contributed by atoms with van der Waals surface area (Å²) in [6.07, 6.45) is 1.92. The summed E-state index contributed by atoms with van der Waals surface area (Å²) >= 11 is 0. The number of anilines is 3. The van der Waals surface area contributed by atoms with Crippen LogP contribution in [0, 0.1) is 5.92 Å². The highest BCUT2D eigenvalue weighted by Crippen LogP contribution is 2.31. The van der Waals surface area contributed by atoms with E-state index < -0.39 is 17.4 Å². The van der Waals surface area contributed by atoms with E-state index in [1.54, 1.807) is 31.4 Å². The molecule has 4 rings (SSSR count). The number of nitrogens with one attached hydrogen (secondary N) is 3. The number of hydrogen-bond acceptors (Lipinski definition) is 6. The Hall–Kier alpha value is -3.36. The second kappa shape index (κ2) is 8.17. The molecule has 1 aromatic heterocycles. The zero-order valence-electron chi connectivity index (χ0n) is 17.0. The number of hydrogen-bond donors (Lipinski definition) is 3. The van der Waals surface area contributed by atoms with Gasteiger partial charge in [0, 0.05) is 25.2 Å². The molecule has 158 valence electrons. The summed E-state index contributed by atoms with van der Waals surface area (Å²) in [6.45, 7) is 3.78. The van der Waals surface area contributed by atoms with Crippen LogP contribution in [-0.4, -0.2) is 42.0 Å². The first kappa shape index (κ1) is 19.9. The summed E-state index contributed by atoms with van der Waals surface area (Å²) in [5.74, 6) is 0.215. The number of aromatic nitrogens is 2. The average Bonchev–Trinajstić information content (AvgIpc) is 2.73. The first-order valence-corrected chi connectivity index (χ1v) is 10.1. The number of carbonyl (C=O) groups is 2. The van der Waals surface area contributed by atoms with Crippen molar-refractivity contribution in [3.8, 4) is 5.75 Å². The molecule has 1 saturated heterocycles. The smallest absolute Gasteiger partial charge is 0.258 e. The van der Waals surface area contributed by atoms with Crippen molar-refractivity contribution in [3.63, 3.8) is 0 Å². The number of piperidine rings is 1. The third-order valence-corrected chi connectivity index (χ3v) is 5.70. The van der Waals surface area contributed by atoms with Crippen molar-refractivity contribution >= 4 is 29.3 Å². The predicted molar refractivity (Wildman–Crippen MR) is 113 cm³/mol. The number of carbonyl (C=O) groups excluding carboxylic acids is 2. The summed E-state index contributed by atoms with van der Waals surface area (Å²) in [6, 6.07) is 6.83. The fourth-order valence-corrected chi connectivity index (χ4v) is 3.86. The van der Waals surface area contributed by atoms with E-state index in [0.29, 0.717) is 23.3 Å². The standard InChI is InChI=1S/C21H25N5O4/c1-12-7-9-26(10-8-12)21-24-18-17(20(29)25-21)15(11-16(27)23-18)19(28)22-13-3-5-14(30-2)6-4-13/h3-6,12,15H,7-11H2,1-2H3,(H,22,28)(H2,23,24,25,27,29). The largest absolute Gasteiger partial charge is 0.497 e. The van der Waals surface area contributed by atoms with Gasteiger partial charge >= 0.3 is 0 Å². The molecule has 0 aliphatic carbocycles. The molecule has 2 aliphatic rings. The van der Waals surface area contributed by atoms with Crippen LogP contribution in [0.4, 0.5) is 17.5 Å². The average molecular weight is 411 g/mol. The summed E-state index contributed by atoms with van der Waals surface area (Å²) in [5.41, 5.74) is 0.343. The van der Waals surface area contributed by atoms with E-state index in [1.165, 1.54) is 0 Å². The van der Waals surface area contributed by atoms with E-state index in [9.17, 15) is 14.4 Å². The highest BCUT2D eigenvalue weighted by molar-refractivity contribution is 6.04. The maximum atomic E-state index is 12.9. The Bertz CT molecular complexity index is 1010. The molecule has 3 heterocycles. The number of ether oxygens (including phenoxy) is 1. The van der Waals surface area contributed by atoms with Gasteiger partial charge in [-0.3, -0.25) is 19.4 Å². The van der Waals surface area contributed by atoms with Crippen LogP contribution in [0.3, 0.4) is 0 Å². The first-order valence-electron chi connectivity index (χ1n) is 10.1. The maximum Gasteiger partial charge on any atom is 0.258 e. The zero-order valence-corrected chi connectivity index (χ0v) is 17.0. The van der Waals surface area contributed by atoms with Crippen molar-refractivity contribution in [3.05, 3.63) is 40.2 Å². The number of amides is 2. The van der Waals surface area contributed by atoms with E-state index in [2.05, 4.69) is 27.5 Å². The van der Waals surface area contributed by atoms with Gasteiger partial charge in [-0.15, -0.1) is 0 Å². The molecule has 1 fully saturated rings. The first-order chi connectivity index (χ1) is 14.4. The lowest BCUT2D eigenvalue weighted by molar-refractivity contribution is -0.123. The van der Waals surface area contributed by atoms with Gasteiger partial charge in [0.05, 0.1) is 18.6 Å². The topological polar surface area (TPSA) is 116 Å². The normalized spacial score (nSPS) is 19.1. The van der Waals surface area contributed by atoms with Crippen LogP contribution in [0.5, 0.6) is 5.75 Å². The molecule has 0 bridgehead atoms. The molecule has 2 aliphatic heterocycles. The number of rotatable bonds is 4. The van der Waals surface area contributed by atoms with Crippen LogP contribution < -0.4 is 25.8 Å². The minimum Gasteiger partial charge on any atom is -0.497 e. The molecule has 2 amide bonds. The fraction of sp³-hybridized carbons (Fsp3) is 0.429. The van der Waals surface area contributed by atoms with Crippen LogP contribution in [0.2, 0.25) is 0 Å². The highest BCUT2D eigenvalue weighted by Gasteiger charge is 2.35.